The number of carbonyl (C=O) groups is 1. The summed E-state index contributed by atoms with van der Waals surface area (Å²) < 4.78 is 24.4. The molecule has 0 aliphatic heterocycles. The lowest BCUT2D eigenvalue weighted by Gasteiger charge is -2.03. The Bertz CT molecular complexity index is 341. The Labute approximate surface area is 72.3 Å². The van der Waals surface area contributed by atoms with Crippen LogP contribution in [0.2, 0.25) is 0 Å². The lowest BCUT2D eigenvalue weighted by Crippen LogP contribution is -2.07. The molecule has 0 atom stereocenters. The van der Waals surface area contributed by atoms with Crippen molar-refractivity contribution in [1.82, 2.24) is 9.97 Å². The zero-order valence-electron chi connectivity index (χ0n) is 6.66. The van der Waals surface area contributed by atoms with Gasteiger partial charge in [0.1, 0.15) is 17.1 Å². The molecule has 1 aromatic rings. The van der Waals surface area contributed by atoms with Gasteiger partial charge in [-0.25, -0.2) is 23.5 Å². The van der Waals surface area contributed by atoms with E-state index in [1.807, 2.05) is 0 Å². The lowest BCUT2D eigenvalue weighted by molar-refractivity contribution is 0.0681. The largest absolute Gasteiger partial charge is 0.478 e. The SMILES string of the molecule is Cc1ncc(C(=O)O)c(C(F)F)n1. The fraction of sp³-hybridized carbons (Fsp3) is 0.286. The molecule has 1 rings (SSSR count). The van der Waals surface area contributed by atoms with E-state index in [0.29, 0.717) is 0 Å². The van der Waals surface area contributed by atoms with Crippen molar-refractivity contribution >= 4 is 5.97 Å². The first kappa shape index (κ1) is 9.50. The second kappa shape index (κ2) is 3.42. The Morgan fingerprint density at radius 2 is 2.23 bits per heavy atom. The number of nitrogens with zero attached hydrogens (tertiary/aromatic N) is 2. The van der Waals surface area contributed by atoms with Crippen molar-refractivity contribution in [3.05, 3.63) is 23.3 Å². The van der Waals surface area contributed by atoms with E-state index in [1.165, 1.54) is 6.92 Å². The van der Waals surface area contributed by atoms with Crippen LogP contribution in [0.4, 0.5) is 8.78 Å². The van der Waals surface area contributed by atoms with Crippen LogP contribution in [0.25, 0.3) is 0 Å². The molecular formula is C7H6F2N2O2. The van der Waals surface area contributed by atoms with Crippen LogP contribution >= 0.6 is 0 Å². The van der Waals surface area contributed by atoms with Crippen molar-refractivity contribution < 1.29 is 18.7 Å². The topological polar surface area (TPSA) is 63.1 Å². The zero-order valence-corrected chi connectivity index (χ0v) is 6.66. The quantitative estimate of drug-likeness (QED) is 0.762. The Hall–Kier alpha value is -1.59. The Morgan fingerprint density at radius 1 is 1.62 bits per heavy atom. The van der Waals surface area contributed by atoms with E-state index in [0.717, 1.165) is 6.20 Å². The highest BCUT2D eigenvalue weighted by Gasteiger charge is 2.20. The molecule has 0 saturated heterocycles. The molecule has 0 saturated carbocycles. The van der Waals surface area contributed by atoms with Crippen molar-refractivity contribution in [1.29, 1.82) is 0 Å². The van der Waals surface area contributed by atoms with Gasteiger partial charge in [-0.05, 0) is 6.92 Å². The van der Waals surface area contributed by atoms with Gasteiger partial charge >= 0.3 is 5.97 Å². The second-order valence-corrected chi connectivity index (χ2v) is 2.32. The number of carboxylic acids is 1. The molecule has 0 aliphatic carbocycles. The van der Waals surface area contributed by atoms with Crippen LogP contribution in [0, 0.1) is 6.92 Å². The molecule has 1 aromatic heterocycles. The van der Waals surface area contributed by atoms with Crippen LogP contribution in [0.5, 0.6) is 0 Å². The maximum Gasteiger partial charge on any atom is 0.339 e. The van der Waals surface area contributed by atoms with Gasteiger partial charge in [-0.3, -0.25) is 0 Å². The molecule has 1 heterocycles. The first-order valence-corrected chi connectivity index (χ1v) is 3.37. The van der Waals surface area contributed by atoms with Crippen molar-refractivity contribution in [3.63, 3.8) is 0 Å². The molecule has 0 fully saturated rings. The molecule has 4 nitrogen and oxygen atoms in total. The van der Waals surface area contributed by atoms with Crippen LogP contribution in [0.15, 0.2) is 6.20 Å². The van der Waals surface area contributed by atoms with Crippen LogP contribution in [0.3, 0.4) is 0 Å². The van der Waals surface area contributed by atoms with Gasteiger partial charge in [-0.1, -0.05) is 0 Å². The third-order valence-corrected chi connectivity index (χ3v) is 1.38. The van der Waals surface area contributed by atoms with Gasteiger partial charge in [-0.2, -0.15) is 0 Å². The Morgan fingerprint density at radius 3 is 2.69 bits per heavy atom. The number of hydrogen-bond acceptors (Lipinski definition) is 3. The second-order valence-electron chi connectivity index (χ2n) is 2.32. The number of rotatable bonds is 2. The molecule has 1 N–H and O–H groups in total. The zero-order chi connectivity index (χ0) is 10.0. The lowest BCUT2D eigenvalue weighted by atomic mass is 10.2. The number of aromatic nitrogens is 2. The summed E-state index contributed by atoms with van der Waals surface area (Å²) >= 11 is 0. The van der Waals surface area contributed by atoms with Crippen molar-refractivity contribution in [3.8, 4) is 0 Å². The highest BCUT2D eigenvalue weighted by Crippen LogP contribution is 2.19. The number of alkyl halides is 2. The fourth-order valence-corrected chi connectivity index (χ4v) is 0.819. The first-order valence-electron chi connectivity index (χ1n) is 3.37. The summed E-state index contributed by atoms with van der Waals surface area (Å²) in [7, 11) is 0. The minimum absolute atomic E-state index is 0.125. The molecule has 70 valence electrons. The van der Waals surface area contributed by atoms with E-state index >= 15 is 0 Å². The van der Waals surface area contributed by atoms with Gasteiger partial charge in [0.25, 0.3) is 6.43 Å². The van der Waals surface area contributed by atoms with Crippen LogP contribution in [0.1, 0.15) is 28.3 Å². The van der Waals surface area contributed by atoms with E-state index in [9.17, 15) is 13.6 Å². The van der Waals surface area contributed by atoms with Crippen molar-refractivity contribution in [2.45, 2.75) is 13.3 Å². The molecule has 0 aromatic carbocycles. The van der Waals surface area contributed by atoms with Gasteiger partial charge in [0.15, 0.2) is 0 Å². The number of carboxylic acid groups (broad SMARTS) is 1. The molecule has 0 radical (unpaired) electrons. The van der Waals surface area contributed by atoms with E-state index in [2.05, 4.69) is 9.97 Å². The van der Waals surface area contributed by atoms with E-state index in [1.54, 1.807) is 0 Å². The van der Waals surface area contributed by atoms with Gasteiger partial charge in [0, 0.05) is 6.20 Å². The predicted octanol–water partition coefficient (Wildman–Crippen LogP) is 1.42. The van der Waals surface area contributed by atoms with Crippen LogP contribution in [-0.2, 0) is 0 Å². The van der Waals surface area contributed by atoms with Crippen LogP contribution in [-0.4, -0.2) is 21.0 Å². The Kier molecular flexibility index (Phi) is 2.50. The molecule has 0 spiro atoms. The summed E-state index contributed by atoms with van der Waals surface area (Å²) in [6.07, 6.45) is -2.01. The van der Waals surface area contributed by atoms with Gasteiger partial charge in [0.05, 0.1) is 0 Å². The summed E-state index contributed by atoms with van der Waals surface area (Å²) in [4.78, 5) is 17.3. The molecule has 0 bridgehead atoms. The highest BCUT2D eigenvalue weighted by atomic mass is 19.3. The molecule has 0 aliphatic rings. The summed E-state index contributed by atoms with van der Waals surface area (Å²) in [5.74, 6) is -1.32. The van der Waals surface area contributed by atoms with Gasteiger partial charge < -0.3 is 5.11 Å². The maximum atomic E-state index is 12.2. The molecule has 13 heavy (non-hydrogen) atoms. The van der Waals surface area contributed by atoms with Crippen LogP contribution < -0.4 is 0 Å². The third-order valence-electron chi connectivity index (χ3n) is 1.38. The average Bonchev–Trinajstić information content (AvgIpc) is 2.03. The fourth-order valence-electron chi connectivity index (χ4n) is 0.819. The van der Waals surface area contributed by atoms with Crippen molar-refractivity contribution in [2.75, 3.05) is 0 Å². The standard InChI is InChI=1S/C7H6F2N2O2/c1-3-10-2-4(7(12)13)5(11-3)6(8)9/h2,6H,1H3,(H,12,13). The highest BCUT2D eigenvalue weighted by molar-refractivity contribution is 5.88. The van der Waals surface area contributed by atoms with Crippen molar-refractivity contribution in [2.24, 2.45) is 0 Å². The number of halogens is 2. The summed E-state index contributed by atoms with van der Waals surface area (Å²) in [5, 5.41) is 8.49. The summed E-state index contributed by atoms with van der Waals surface area (Å²) in [5.41, 5.74) is -1.29. The molecule has 6 heteroatoms. The first-order chi connectivity index (χ1) is 6.02. The monoisotopic (exact) mass is 188 g/mol. The van der Waals surface area contributed by atoms with E-state index in [-0.39, 0.29) is 5.82 Å². The smallest absolute Gasteiger partial charge is 0.339 e. The summed E-state index contributed by atoms with van der Waals surface area (Å²) in [6, 6.07) is 0. The maximum absolute atomic E-state index is 12.2. The normalized spacial score (nSPS) is 10.5. The minimum atomic E-state index is -2.90. The predicted molar refractivity (Wildman–Crippen MR) is 38.7 cm³/mol. The number of hydrogen-bond donors (Lipinski definition) is 1. The van der Waals surface area contributed by atoms with E-state index in [4.69, 9.17) is 5.11 Å². The Balaban J connectivity index is 3.26. The van der Waals surface area contributed by atoms with Gasteiger partial charge in [-0.15, -0.1) is 0 Å². The number of aromatic carboxylic acids is 1. The van der Waals surface area contributed by atoms with Gasteiger partial charge in [0.2, 0.25) is 0 Å². The molecule has 0 unspecified atom stereocenters. The molecular weight excluding hydrogens is 182 g/mol. The average molecular weight is 188 g/mol. The third kappa shape index (κ3) is 1.95. The number of aryl methyl sites for hydroxylation is 1. The summed E-state index contributed by atoms with van der Waals surface area (Å²) in [6.45, 7) is 1.41. The van der Waals surface area contributed by atoms with E-state index < -0.39 is 23.7 Å². The molecule has 0 amide bonds. The minimum Gasteiger partial charge on any atom is -0.478 e.